The molecule has 1 N–H and O–H groups in total. The molecule has 1 aromatic heterocycles. The molecule has 112 valence electrons. The lowest BCUT2D eigenvalue weighted by Gasteiger charge is -2.08. The minimum atomic E-state index is 0.355. The van der Waals surface area contributed by atoms with Crippen molar-refractivity contribution in [1.29, 1.82) is 0 Å². The number of aromatic nitrogens is 2. The smallest absolute Gasteiger partial charge is 0.158 e. The molecule has 5 nitrogen and oxygen atoms in total. The van der Waals surface area contributed by atoms with Gasteiger partial charge in [-0.1, -0.05) is 23.7 Å². The van der Waals surface area contributed by atoms with Crippen LogP contribution >= 0.6 is 11.6 Å². The average molecular weight is 308 g/mol. The number of benzene rings is 1. The highest BCUT2D eigenvalue weighted by Gasteiger charge is 2.04. The summed E-state index contributed by atoms with van der Waals surface area (Å²) in [5, 5.41) is 3.62. The molecule has 2 aromatic rings. The Bertz CT molecular complexity index is 576. The molecule has 0 atom stereocenters. The maximum Gasteiger partial charge on any atom is 0.158 e. The van der Waals surface area contributed by atoms with Crippen LogP contribution in [-0.2, 0) is 17.9 Å². The van der Waals surface area contributed by atoms with Gasteiger partial charge in [-0.15, -0.1) is 0 Å². The zero-order valence-electron chi connectivity index (χ0n) is 12.1. The Morgan fingerprint density at radius 3 is 2.62 bits per heavy atom. The van der Waals surface area contributed by atoms with Crippen LogP contribution in [0.3, 0.4) is 0 Å². The van der Waals surface area contributed by atoms with Crippen LogP contribution in [0.4, 0.5) is 5.82 Å². The fourth-order valence-corrected chi connectivity index (χ4v) is 1.95. The van der Waals surface area contributed by atoms with E-state index in [2.05, 4.69) is 15.3 Å². The number of hydrogen-bond donors (Lipinski definition) is 1. The Morgan fingerprint density at radius 2 is 1.95 bits per heavy atom. The summed E-state index contributed by atoms with van der Waals surface area (Å²) in [5.74, 6) is 2.09. The van der Waals surface area contributed by atoms with Gasteiger partial charge in [0.05, 0.1) is 7.11 Å². The number of halogens is 1. The van der Waals surface area contributed by atoms with E-state index in [1.807, 2.05) is 31.2 Å². The number of methoxy groups -OCH3 is 1. The zero-order chi connectivity index (χ0) is 15.1. The zero-order valence-corrected chi connectivity index (χ0v) is 12.9. The monoisotopic (exact) mass is 307 g/mol. The second kappa shape index (κ2) is 7.81. The second-order valence-electron chi connectivity index (χ2n) is 4.33. The van der Waals surface area contributed by atoms with E-state index in [9.17, 15) is 0 Å². The number of anilines is 1. The van der Waals surface area contributed by atoms with Gasteiger partial charge in [0.15, 0.2) is 5.82 Å². The molecule has 0 saturated carbocycles. The van der Waals surface area contributed by atoms with Crippen LogP contribution in [0.15, 0.2) is 30.3 Å². The van der Waals surface area contributed by atoms with Gasteiger partial charge >= 0.3 is 0 Å². The molecular formula is C15H18ClN3O2. The maximum absolute atomic E-state index is 5.99. The molecule has 0 fully saturated rings. The summed E-state index contributed by atoms with van der Waals surface area (Å²) < 4.78 is 10.4. The third kappa shape index (κ3) is 4.88. The van der Waals surface area contributed by atoms with Crippen molar-refractivity contribution in [2.45, 2.75) is 20.1 Å². The molecule has 0 saturated heterocycles. The highest BCUT2D eigenvalue weighted by molar-refractivity contribution is 6.29. The molecule has 21 heavy (non-hydrogen) atoms. The standard InChI is InChI=1S/C15H18ClN3O2/c1-3-21-10-15-18-13(16)8-14(19-15)17-9-11-4-6-12(20-2)7-5-11/h4-8H,3,9-10H2,1-2H3,(H,17,18,19). The van der Waals surface area contributed by atoms with Crippen LogP contribution in [0.2, 0.25) is 5.15 Å². The van der Waals surface area contributed by atoms with Gasteiger partial charge in [0.1, 0.15) is 23.3 Å². The number of nitrogens with zero attached hydrogens (tertiary/aromatic N) is 2. The number of ether oxygens (including phenoxy) is 2. The summed E-state index contributed by atoms with van der Waals surface area (Å²) in [6, 6.07) is 9.53. The fourth-order valence-electron chi connectivity index (χ4n) is 1.75. The van der Waals surface area contributed by atoms with Gasteiger partial charge in [0.2, 0.25) is 0 Å². The summed E-state index contributed by atoms with van der Waals surface area (Å²) in [5.41, 5.74) is 1.12. The fraction of sp³-hybridized carbons (Fsp3) is 0.333. The van der Waals surface area contributed by atoms with Gasteiger partial charge in [-0.2, -0.15) is 0 Å². The SMILES string of the molecule is CCOCc1nc(Cl)cc(NCc2ccc(OC)cc2)n1. The first-order valence-electron chi connectivity index (χ1n) is 6.69. The van der Waals surface area contributed by atoms with E-state index in [1.165, 1.54) is 0 Å². The molecule has 0 spiro atoms. The predicted molar refractivity (Wildman–Crippen MR) is 82.7 cm³/mol. The minimum absolute atomic E-state index is 0.355. The second-order valence-corrected chi connectivity index (χ2v) is 4.72. The predicted octanol–water partition coefficient (Wildman–Crippen LogP) is 3.29. The van der Waals surface area contributed by atoms with E-state index < -0.39 is 0 Å². The molecule has 0 radical (unpaired) electrons. The van der Waals surface area contributed by atoms with Crippen molar-refractivity contribution < 1.29 is 9.47 Å². The molecule has 0 unspecified atom stereocenters. The summed E-state index contributed by atoms with van der Waals surface area (Å²) in [6.45, 7) is 3.54. The van der Waals surface area contributed by atoms with Gasteiger partial charge < -0.3 is 14.8 Å². The summed E-state index contributed by atoms with van der Waals surface area (Å²) in [7, 11) is 1.65. The number of nitrogens with one attached hydrogen (secondary N) is 1. The van der Waals surface area contributed by atoms with Crippen LogP contribution in [0, 0.1) is 0 Å². The minimum Gasteiger partial charge on any atom is -0.497 e. The summed E-state index contributed by atoms with van der Waals surface area (Å²) >= 11 is 5.99. The Balaban J connectivity index is 1.99. The van der Waals surface area contributed by atoms with Gasteiger partial charge in [-0.3, -0.25) is 0 Å². The number of hydrogen-bond acceptors (Lipinski definition) is 5. The molecule has 0 bridgehead atoms. The summed E-state index contributed by atoms with van der Waals surface area (Å²) in [6.07, 6.45) is 0. The van der Waals surface area contributed by atoms with E-state index in [0.717, 1.165) is 11.3 Å². The average Bonchev–Trinajstić information content (AvgIpc) is 2.51. The van der Waals surface area contributed by atoms with E-state index in [-0.39, 0.29) is 0 Å². The van der Waals surface area contributed by atoms with Crippen LogP contribution in [0.25, 0.3) is 0 Å². The third-order valence-corrected chi connectivity index (χ3v) is 3.00. The van der Waals surface area contributed by atoms with E-state index in [4.69, 9.17) is 21.1 Å². The van der Waals surface area contributed by atoms with E-state index >= 15 is 0 Å². The van der Waals surface area contributed by atoms with E-state index in [0.29, 0.717) is 36.6 Å². The lowest BCUT2D eigenvalue weighted by Crippen LogP contribution is -2.06. The third-order valence-electron chi connectivity index (χ3n) is 2.81. The topological polar surface area (TPSA) is 56.3 Å². The molecular weight excluding hydrogens is 290 g/mol. The Kier molecular flexibility index (Phi) is 5.78. The molecule has 0 aliphatic carbocycles. The highest BCUT2D eigenvalue weighted by atomic mass is 35.5. The van der Waals surface area contributed by atoms with Crippen molar-refractivity contribution in [1.82, 2.24) is 9.97 Å². The first-order valence-corrected chi connectivity index (χ1v) is 7.07. The largest absolute Gasteiger partial charge is 0.497 e. The van der Waals surface area contributed by atoms with Crippen molar-refractivity contribution in [3.8, 4) is 5.75 Å². The summed E-state index contributed by atoms with van der Waals surface area (Å²) in [4.78, 5) is 8.49. The van der Waals surface area contributed by atoms with Crippen LogP contribution < -0.4 is 10.1 Å². The molecule has 0 aliphatic heterocycles. The highest BCUT2D eigenvalue weighted by Crippen LogP contribution is 2.15. The first-order chi connectivity index (χ1) is 10.2. The number of rotatable bonds is 7. The molecule has 2 rings (SSSR count). The Morgan fingerprint density at radius 1 is 1.19 bits per heavy atom. The normalized spacial score (nSPS) is 10.4. The van der Waals surface area contributed by atoms with Crippen molar-refractivity contribution in [3.05, 3.63) is 46.9 Å². The van der Waals surface area contributed by atoms with Crippen LogP contribution in [0.1, 0.15) is 18.3 Å². The first kappa shape index (κ1) is 15.5. The van der Waals surface area contributed by atoms with Gasteiger partial charge in [0, 0.05) is 19.2 Å². The van der Waals surface area contributed by atoms with Gasteiger partial charge in [-0.25, -0.2) is 9.97 Å². The molecule has 6 heteroatoms. The van der Waals surface area contributed by atoms with Gasteiger partial charge in [-0.05, 0) is 24.6 Å². The molecule has 0 aliphatic rings. The maximum atomic E-state index is 5.99. The lowest BCUT2D eigenvalue weighted by atomic mass is 10.2. The lowest BCUT2D eigenvalue weighted by molar-refractivity contribution is 0.128. The van der Waals surface area contributed by atoms with Crippen molar-refractivity contribution in [3.63, 3.8) is 0 Å². The molecule has 0 amide bonds. The Labute approximate surface area is 129 Å². The Hall–Kier alpha value is -1.85. The quantitative estimate of drug-likeness (QED) is 0.796. The molecule has 1 heterocycles. The van der Waals surface area contributed by atoms with Crippen molar-refractivity contribution in [2.75, 3.05) is 19.0 Å². The van der Waals surface area contributed by atoms with E-state index in [1.54, 1.807) is 13.2 Å². The van der Waals surface area contributed by atoms with Crippen molar-refractivity contribution in [2.24, 2.45) is 0 Å². The molecule has 1 aromatic carbocycles. The van der Waals surface area contributed by atoms with Crippen LogP contribution in [-0.4, -0.2) is 23.7 Å². The van der Waals surface area contributed by atoms with Gasteiger partial charge in [0.25, 0.3) is 0 Å². The van der Waals surface area contributed by atoms with Crippen molar-refractivity contribution >= 4 is 17.4 Å². The van der Waals surface area contributed by atoms with Crippen LogP contribution in [0.5, 0.6) is 5.75 Å².